The summed E-state index contributed by atoms with van der Waals surface area (Å²) in [5.74, 6) is 0.616. The average Bonchev–Trinajstić information content (AvgIpc) is 3.00. The fourth-order valence-electron chi connectivity index (χ4n) is 3.25. The smallest absolute Gasteiger partial charge is 0.168 e. The first-order valence-electron chi connectivity index (χ1n) is 8.04. The van der Waals surface area contributed by atoms with Crippen LogP contribution in [0.4, 0.5) is 5.82 Å². The molecule has 3 rings (SSSR count). The molecular weight excluding hydrogens is 276 g/mol. The minimum Gasteiger partial charge on any atom is -0.367 e. The molecule has 1 aliphatic carbocycles. The van der Waals surface area contributed by atoms with Crippen molar-refractivity contribution in [2.45, 2.75) is 44.4 Å². The van der Waals surface area contributed by atoms with Crippen LogP contribution >= 0.6 is 0 Å². The summed E-state index contributed by atoms with van der Waals surface area (Å²) < 4.78 is 11.5. The van der Waals surface area contributed by atoms with Gasteiger partial charge < -0.3 is 14.8 Å². The predicted octanol–water partition coefficient (Wildman–Crippen LogP) is 3.86. The zero-order valence-electron chi connectivity index (χ0n) is 13.2. The van der Waals surface area contributed by atoms with Crippen LogP contribution in [-0.2, 0) is 9.47 Å². The molecule has 0 atom stereocenters. The summed E-state index contributed by atoms with van der Waals surface area (Å²) in [6.07, 6.45) is 11.8. The Balaban J connectivity index is 1.63. The zero-order chi connectivity index (χ0) is 15.4. The fourth-order valence-corrected chi connectivity index (χ4v) is 3.25. The van der Waals surface area contributed by atoms with Gasteiger partial charge in [-0.25, -0.2) is 4.98 Å². The van der Waals surface area contributed by atoms with Crippen molar-refractivity contribution in [3.8, 4) is 0 Å². The van der Waals surface area contributed by atoms with Crippen molar-refractivity contribution in [1.82, 2.24) is 4.98 Å². The summed E-state index contributed by atoms with van der Waals surface area (Å²) in [5.41, 5.74) is 2.20. The molecule has 1 aromatic heterocycles. The molecule has 1 saturated heterocycles. The summed E-state index contributed by atoms with van der Waals surface area (Å²) >= 11 is 0. The Morgan fingerprint density at radius 1 is 1.27 bits per heavy atom. The van der Waals surface area contributed by atoms with Crippen molar-refractivity contribution < 1.29 is 9.47 Å². The minimum atomic E-state index is -0.298. The van der Waals surface area contributed by atoms with E-state index in [-0.39, 0.29) is 5.79 Å². The lowest BCUT2D eigenvalue weighted by molar-refractivity contribution is -0.177. The molecule has 4 nitrogen and oxygen atoms in total. The molecule has 0 amide bonds. The van der Waals surface area contributed by atoms with Gasteiger partial charge in [0.2, 0.25) is 0 Å². The second-order valence-corrected chi connectivity index (χ2v) is 5.93. The highest BCUT2D eigenvalue weighted by molar-refractivity contribution is 5.66. The van der Waals surface area contributed by atoms with Gasteiger partial charge in [-0.15, -0.1) is 0 Å². The van der Waals surface area contributed by atoms with Crippen LogP contribution in [0.15, 0.2) is 24.9 Å². The Labute approximate surface area is 132 Å². The largest absolute Gasteiger partial charge is 0.367 e. The molecule has 1 saturated carbocycles. The molecule has 1 aliphatic heterocycles. The monoisotopic (exact) mass is 300 g/mol. The average molecular weight is 300 g/mol. The van der Waals surface area contributed by atoms with E-state index in [4.69, 9.17) is 9.47 Å². The van der Waals surface area contributed by atoms with Gasteiger partial charge in [-0.05, 0) is 37.0 Å². The number of aromatic nitrogens is 1. The van der Waals surface area contributed by atoms with Gasteiger partial charge >= 0.3 is 0 Å². The van der Waals surface area contributed by atoms with Gasteiger partial charge in [0.05, 0.1) is 13.2 Å². The summed E-state index contributed by atoms with van der Waals surface area (Å²) in [4.78, 5) is 4.52. The van der Waals surface area contributed by atoms with Gasteiger partial charge in [0.15, 0.2) is 5.79 Å². The number of hydrogen-bond acceptors (Lipinski definition) is 4. The molecule has 2 fully saturated rings. The number of allylic oxidation sites excluding steroid dienone is 1. The summed E-state index contributed by atoms with van der Waals surface area (Å²) in [5, 5.41) is 3.54. The molecule has 2 heterocycles. The first-order valence-corrected chi connectivity index (χ1v) is 8.04. The molecule has 0 unspecified atom stereocenters. The first kappa shape index (κ1) is 15.3. The van der Waals surface area contributed by atoms with E-state index in [0.29, 0.717) is 6.04 Å². The molecular formula is C18H24N2O2. The number of ether oxygens (including phenoxy) is 2. The van der Waals surface area contributed by atoms with Crippen LogP contribution in [0.2, 0.25) is 0 Å². The van der Waals surface area contributed by atoms with Crippen molar-refractivity contribution in [1.29, 1.82) is 0 Å². The van der Waals surface area contributed by atoms with Crippen LogP contribution in [-0.4, -0.2) is 30.0 Å². The van der Waals surface area contributed by atoms with E-state index >= 15 is 0 Å². The first-order chi connectivity index (χ1) is 10.7. The fraction of sp³-hybridized carbons (Fsp3) is 0.500. The second-order valence-electron chi connectivity index (χ2n) is 5.93. The molecule has 1 N–H and O–H groups in total. The predicted molar refractivity (Wildman–Crippen MR) is 89.5 cm³/mol. The van der Waals surface area contributed by atoms with Crippen LogP contribution in [0.5, 0.6) is 0 Å². The van der Waals surface area contributed by atoms with Crippen LogP contribution in [0.25, 0.3) is 12.2 Å². The standard InChI is InChI=1S/C18H24N2O2/c1-3-5-15-13-19-17(12-14(15)4-2)20-16-6-8-18(9-7-16)21-10-11-22-18/h3-5,12-13,16H,2,6-11H2,1H3,(H,19,20)/b5-3-. The van der Waals surface area contributed by atoms with E-state index in [0.717, 1.165) is 55.8 Å². The number of hydrogen-bond donors (Lipinski definition) is 1. The lowest BCUT2D eigenvalue weighted by Crippen LogP contribution is -2.39. The van der Waals surface area contributed by atoms with Gasteiger partial charge in [-0.2, -0.15) is 0 Å². The maximum absolute atomic E-state index is 5.77. The molecule has 0 radical (unpaired) electrons. The summed E-state index contributed by atoms with van der Waals surface area (Å²) in [6.45, 7) is 7.35. The van der Waals surface area contributed by atoms with Crippen LogP contribution in [0.1, 0.15) is 43.7 Å². The molecule has 2 aliphatic rings. The van der Waals surface area contributed by atoms with Gasteiger partial charge in [-0.1, -0.05) is 24.8 Å². The molecule has 118 valence electrons. The van der Waals surface area contributed by atoms with E-state index in [9.17, 15) is 0 Å². The normalized spacial score (nSPS) is 21.5. The van der Waals surface area contributed by atoms with Crippen LogP contribution in [0, 0.1) is 0 Å². The Hall–Kier alpha value is -1.65. The van der Waals surface area contributed by atoms with Gasteiger partial charge in [-0.3, -0.25) is 0 Å². The molecule has 1 spiro atoms. The third-order valence-corrected chi connectivity index (χ3v) is 4.45. The van der Waals surface area contributed by atoms with E-state index in [2.05, 4.69) is 22.9 Å². The quantitative estimate of drug-likeness (QED) is 0.917. The number of nitrogens with one attached hydrogen (secondary N) is 1. The van der Waals surface area contributed by atoms with E-state index in [1.54, 1.807) is 0 Å². The maximum Gasteiger partial charge on any atom is 0.168 e. The van der Waals surface area contributed by atoms with Gasteiger partial charge in [0.1, 0.15) is 5.82 Å². The highest BCUT2D eigenvalue weighted by Gasteiger charge is 2.40. The SMILES string of the molecule is C=Cc1cc(NC2CCC3(CC2)OCCO3)ncc1/C=C\C. The van der Waals surface area contributed by atoms with Crippen molar-refractivity contribution in [2.24, 2.45) is 0 Å². The van der Waals surface area contributed by atoms with Gasteiger partial charge in [0.25, 0.3) is 0 Å². The lowest BCUT2D eigenvalue weighted by Gasteiger charge is -2.35. The van der Waals surface area contributed by atoms with E-state index in [1.165, 1.54) is 0 Å². The van der Waals surface area contributed by atoms with Crippen molar-refractivity contribution in [3.63, 3.8) is 0 Å². The maximum atomic E-state index is 5.77. The second kappa shape index (κ2) is 6.63. The number of anilines is 1. The molecule has 0 aromatic carbocycles. The Bertz CT molecular complexity index is 552. The third-order valence-electron chi connectivity index (χ3n) is 4.45. The highest BCUT2D eigenvalue weighted by Crippen LogP contribution is 2.36. The minimum absolute atomic E-state index is 0.298. The molecule has 4 heteroatoms. The summed E-state index contributed by atoms with van der Waals surface area (Å²) in [6, 6.07) is 2.49. The topological polar surface area (TPSA) is 43.4 Å². The number of nitrogens with zero attached hydrogens (tertiary/aromatic N) is 1. The van der Waals surface area contributed by atoms with E-state index < -0.39 is 0 Å². The van der Waals surface area contributed by atoms with Crippen LogP contribution in [0.3, 0.4) is 0 Å². The summed E-state index contributed by atoms with van der Waals surface area (Å²) in [7, 11) is 0. The highest BCUT2D eigenvalue weighted by atomic mass is 16.7. The number of rotatable bonds is 4. The Morgan fingerprint density at radius 3 is 2.64 bits per heavy atom. The number of pyridine rings is 1. The van der Waals surface area contributed by atoms with Crippen LogP contribution < -0.4 is 5.32 Å². The van der Waals surface area contributed by atoms with E-state index in [1.807, 2.05) is 31.3 Å². The zero-order valence-corrected chi connectivity index (χ0v) is 13.2. The molecule has 0 bridgehead atoms. The third kappa shape index (κ3) is 3.23. The Kier molecular flexibility index (Phi) is 4.60. The van der Waals surface area contributed by atoms with Gasteiger partial charge in [0, 0.05) is 25.1 Å². The van der Waals surface area contributed by atoms with Crippen molar-refractivity contribution in [2.75, 3.05) is 18.5 Å². The lowest BCUT2D eigenvalue weighted by atomic mass is 9.90. The van der Waals surface area contributed by atoms with Crippen molar-refractivity contribution >= 4 is 18.0 Å². The van der Waals surface area contributed by atoms with Crippen molar-refractivity contribution in [3.05, 3.63) is 36.0 Å². The molecule has 22 heavy (non-hydrogen) atoms. The Morgan fingerprint density at radius 2 is 2.00 bits per heavy atom. The molecule has 1 aromatic rings.